The highest BCUT2D eigenvalue weighted by Crippen LogP contribution is 2.28. The molecule has 0 radical (unpaired) electrons. The van der Waals surface area contributed by atoms with Crippen LogP contribution in [0.15, 0.2) is 12.3 Å². The Balaban J connectivity index is 1.48. The molecule has 5 rings (SSSR count). The van der Waals surface area contributed by atoms with E-state index in [0.717, 1.165) is 44.0 Å². The van der Waals surface area contributed by atoms with Gasteiger partial charge < -0.3 is 14.3 Å². The molecule has 0 aliphatic carbocycles. The normalized spacial score (nSPS) is 20.6. The van der Waals surface area contributed by atoms with Crippen LogP contribution < -0.4 is 0 Å². The zero-order valence-corrected chi connectivity index (χ0v) is 16.3. The molecule has 2 saturated heterocycles. The Kier molecular flexibility index (Phi) is 4.94. The van der Waals surface area contributed by atoms with E-state index in [1.54, 1.807) is 12.3 Å². The molecule has 8 nitrogen and oxygen atoms in total. The van der Waals surface area contributed by atoms with E-state index in [-0.39, 0.29) is 17.6 Å². The number of rotatable bonds is 5. The predicted molar refractivity (Wildman–Crippen MR) is 101 cm³/mol. The van der Waals surface area contributed by atoms with Crippen LogP contribution in [0.1, 0.15) is 37.3 Å². The molecular formula is C19H22F3N7O. The van der Waals surface area contributed by atoms with Crippen molar-refractivity contribution in [2.24, 2.45) is 0 Å². The van der Waals surface area contributed by atoms with Crippen molar-refractivity contribution >= 4 is 11.0 Å². The van der Waals surface area contributed by atoms with Crippen molar-refractivity contribution in [2.45, 2.75) is 51.1 Å². The average molecular weight is 421 g/mol. The Morgan fingerprint density at radius 1 is 1.17 bits per heavy atom. The lowest BCUT2D eigenvalue weighted by Crippen LogP contribution is -2.34. The first-order valence-electron chi connectivity index (χ1n) is 10.2. The second-order valence-corrected chi connectivity index (χ2v) is 7.84. The van der Waals surface area contributed by atoms with Gasteiger partial charge in [-0.25, -0.2) is 4.98 Å². The van der Waals surface area contributed by atoms with Gasteiger partial charge in [0.25, 0.3) is 0 Å². The van der Waals surface area contributed by atoms with Crippen LogP contribution in [-0.2, 0) is 24.0 Å². The van der Waals surface area contributed by atoms with Crippen molar-refractivity contribution in [3.8, 4) is 11.5 Å². The smallest absolute Gasteiger partial charge is 0.376 e. The number of alkyl halides is 3. The third-order valence-corrected chi connectivity index (χ3v) is 5.70. The van der Waals surface area contributed by atoms with Crippen molar-refractivity contribution in [2.75, 3.05) is 19.7 Å². The molecule has 160 valence electrons. The summed E-state index contributed by atoms with van der Waals surface area (Å²) in [4.78, 5) is 13.7. The molecule has 2 aliphatic rings. The first-order chi connectivity index (χ1) is 14.5. The maximum absolute atomic E-state index is 12.8. The summed E-state index contributed by atoms with van der Waals surface area (Å²) in [6, 6.07) is 1.66. The van der Waals surface area contributed by atoms with Gasteiger partial charge in [0, 0.05) is 6.61 Å². The maximum atomic E-state index is 12.8. The van der Waals surface area contributed by atoms with E-state index in [1.807, 2.05) is 0 Å². The Morgan fingerprint density at radius 2 is 1.97 bits per heavy atom. The summed E-state index contributed by atoms with van der Waals surface area (Å²) in [5.41, 5.74) is 1.80. The maximum Gasteiger partial charge on any atom is 0.451 e. The molecule has 0 aromatic carbocycles. The summed E-state index contributed by atoms with van der Waals surface area (Å²) in [7, 11) is 0. The van der Waals surface area contributed by atoms with Crippen molar-refractivity contribution in [1.29, 1.82) is 0 Å². The van der Waals surface area contributed by atoms with Crippen LogP contribution in [0, 0.1) is 0 Å². The van der Waals surface area contributed by atoms with Crippen LogP contribution in [0.4, 0.5) is 13.2 Å². The summed E-state index contributed by atoms with van der Waals surface area (Å²) in [6.45, 7) is 4.29. The number of hydrogen-bond donors (Lipinski definition) is 1. The standard InChI is InChI=1S/C19H22F3N7O/c20-19(21,22)18-25-17(26-27-18)14-8-13-15(9-23-14)29(10-12-4-7-30-12)16(24-13)11-28-5-2-1-3-6-28/h8-9,12H,1-7,10-11H2,(H,25,26,27)/t12-/m0/s1. The summed E-state index contributed by atoms with van der Waals surface area (Å²) < 4.78 is 46.2. The lowest BCUT2D eigenvalue weighted by atomic mass is 10.1. The summed E-state index contributed by atoms with van der Waals surface area (Å²) in [6.07, 6.45) is 1.85. The molecule has 0 amide bonds. The third-order valence-electron chi connectivity index (χ3n) is 5.70. The van der Waals surface area contributed by atoms with Gasteiger partial charge >= 0.3 is 6.18 Å². The lowest BCUT2D eigenvalue weighted by Gasteiger charge is -2.29. The Labute approximate surface area is 170 Å². The van der Waals surface area contributed by atoms with E-state index in [0.29, 0.717) is 12.1 Å². The number of aromatic nitrogens is 6. The molecule has 0 saturated carbocycles. The molecule has 0 spiro atoms. The van der Waals surface area contributed by atoms with Gasteiger partial charge in [0.2, 0.25) is 5.82 Å². The second-order valence-electron chi connectivity index (χ2n) is 7.84. The molecule has 30 heavy (non-hydrogen) atoms. The number of hydrogen-bond acceptors (Lipinski definition) is 6. The quantitative estimate of drug-likeness (QED) is 0.682. The van der Waals surface area contributed by atoms with Gasteiger partial charge in [0.05, 0.1) is 36.4 Å². The lowest BCUT2D eigenvalue weighted by molar-refractivity contribution is -0.144. The zero-order valence-electron chi connectivity index (χ0n) is 16.3. The molecule has 3 aromatic heterocycles. The van der Waals surface area contributed by atoms with Crippen molar-refractivity contribution < 1.29 is 17.9 Å². The predicted octanol–water partition coefficient (Wildman–Crippen LogP) is 3.01. The van der Waals surface area contributed by atoms with E-state index in [2.05, 4.69) is 29.6 Å². The first-order valence-corrected chi connectivity index (χ1v) is 10.2. The van der Waals surface area contributed by atoms with Gasteiger partial charge in [-0.3, -0.25) is 9.88 Å². The van der Waals surface area contributed by atoms with E-state index >= 15 is 0 Å². The third kappa shape index (κ3) is 3.79. The molecule has 5 heterocycles. The fourth-order valence-electron chi connectivity index (χ4n) is 3.98. The van der Waals surface area contributed by atoms with Crippen LogP contribution in [0.25, 0.3) is 22.6 Å². The molecule has 2 fully saturated rings. The Morgan fingerprint density at radius 3 is 2.63 bits per heavy atom. The van der Waals surface area contributed by atoms with Crippen molar-refractivity contribution in [3.05, 3.63) is 23.9 Å². The number of pyridine rings is 1. The summed E-state index contributed by atoms with van der Waals surface area (Å²) in [5, 5.41) is 6.79. The van der Waals surface area contributed by atoms with Crippen LogP contribution in [0.5, 0.6) is 0 Å². The monoisotopic (exact) mass is 421 g/mol. The van der Waals surface area contributed by atoms with Crippen LogP contribution in [-0.4, -0.2) is 60.4 Å². The molecule has 0 unspecified atom stereocenters. The number of imidazole rings is 1. The van der Waals surface area contributed by atoms with Crippen molar-refractivity contribution in [1.82, 2.24) is 34.6 Å². The van der Waals surface area contributed by atoms with Crippen molar-refractivity contribution in [3.63, 3.8) is 0 Å². The number of ether oxygens (including phenoxy) is 1. The SMILES string of the molecule is FC(F)(F)c1nnc(-c2cc3nc(CN4CCCCC4)n(C[C@@H]4CCO4)c3cn2)[nH]1. The second kappa shape index (κ2) is 7.62. The minimum Gasteiger partial charge on any atom is -0.376 e. The van der Waals surface area contributed by atoms with E-state index in [4.69, 9.17) is 9.72 Å². The Hall–Kier alpha value is -2.53. The van der Waals surface area contributed by atoms with Crippen LogP contribution in [0.3, 0.4) is 0 Å². The van der Waals surface area contributed by atoms with Gasteiger partial charge in [-0.15, -0.1) is 10.2 Å². The summed E-state index contributed by atoms with van der Waals surface area (Å²) >= 11 is 0. The number of piperidine rings is 1. The molecule has 2 aliphatic heterocycles. The zero-order chi connectivity index (χ0) is 20.7. The number of likely N-dealkylation sites (tertiary alicyclic amines) is 1. The number of halogens is 3. The van der Waals surface area contributed by atoms with E-state index in [1.165, 1.54) is 19.3 Å². The van der Waals surface area contributed by atoms with Gasteiger partial charge in [-0.2, -0.15) is 13.2 Å². The largest absolute Gasteiger partial charge is 0.451 e. The van der Waals surface area contributed by atoms with E-state index in [9.17, 15) is 13.2 Å². The van der Waals surface area contributed by atoms with Gasteiger partial charge in [-0.1, -0.05) is 6.42 Å². The van der Waals surface area contributed by atoms with Gasteiger partial charge in [0.1, 0.15) is 11.5 Å². The number of aromatic amines is 1. The fraction of sp³-hybridized carbons (Fsp3) is 0.579. The molecule has 0 bridgehead atoms. The minimum absolute atomic E-state index is 0.0290. The molecule has 11 heteroatoms. The fourth-order valence-corrected chi connectivity index (χ4v) is 3.98. The highest BCUT2D eigenvalue weighted by atomic mass is 19.4. The highest BCUT2D eigenvalue weighted by Gasteiger charge is 2.35. The van der Waals surface area contributed by atoms with Crippen LogP contribution >= 0.6 is 0 Å². The molecular weight excluding hydrogens is 399 g/mol. The summed E-state index contributed by atoms with van der Waals surface area (Å²) in [5.74, 6) is -0.244. The molecule has 1 atom stereocenters. The number of H-pyrrole nitrogens is 1. The molecule has 1 N–H and O–H groups in total. The number of nitrogens with one attached hydrogen (secondary N) is 1. The topological polar surface area (TPSA) is 84.8 Å². The minimum atomic E-state index is -4.58. The first kappa shape index (κ1) is 19.4. The number of fused-ring (bicyclic) bond motifs is 1. The molecule has 3 aromatic rings. The van der Waals surface area contributed by atoms with Crippen LogP contribution in [0.2, 0.25) is 0 Å². The Bertz CT molecular complexity index is 1030. The highest BCUT2D eigenvalue weighted by molar-refractivity contribution is 5.78. The van der Waals surface area contributed by atoms with Gasteiger partial charge in [-0.05, 0) is 38.4 Å². The van der Waals surface area contributed by atoms with Gasteiger partial charge in [0.15, 0.2) is 5.82 Å². The number of nitrogens with zero attached hydrogens (tertiary/aromatic N) is 6. The van der Waals surface area contributed by atoms with E-state index < -0.39 is 12.0 Å². The average Bonchev–Trinajstić information content (AvgIpc) is 3.30.